The van der Waals surface area contributed by atoms with Gasteiger partial charge in [0, 0.05) is 43.4 Å². The lowest BCUT2D eigenvalue weighted by atomic mass is 9.82. The van der Waals surface area contributed by atoms with E-state index in [9.17, 15) is 19.2 Å². The number of benzene rings is 4. The van der Waals surface area contributed by atoms with Gasteiger partial charge in [-0.25, -0.2) is 0 Å². The van der Waals surface area contributed by atoms with E-state index in [0.29, 0.717) is 32.6 Å². The number of aromatic nitrogens is 2. The van der Waals surface area contributed by atoms with Crippen molar-refractivity contribution in [3.05, 3.63) is 70.8 Å². The minimum atomic E-state index is -0.566. The van der Waals surface area contributed by atoms with Crippen molar-refractivity contribution >= 4 is 78.0 Å². The number of nitrogens with one attached hydrogen (secondary N) is 4. The average Bonchev–Trinajstić information content (AvgIpc) is 3.38. The van der Waals surface area contributed by atoms with Gasteiger partial charge in [-0.05, 0) is 12.1 Å². The Hall–Kier alpha value is -4.98. The second kappa shape index (κ2) is 5.49. The van der Waals surface area contributed by atoms with Gasteiger partial charge >= 0.3 is 0 Å². The van der Waals surface area contributed by atoms with Crippen LogP contribution < -0.4 is 10.6 Å². The minimum Gasteiger partial charge on any atom is -0.354 e. The van der Waals surface area contributed by atoms with Crippen molar-refractivity contribution in [1.82, 2.24) is 20.6 Å². The largest absolute Gasteiger partial charge is 0.354 e. The van der Waals surface area contributed by atoms with Gasteiger partial charge in [-0.15, -0.1) is 0 Å². The number of carbonyl (C=O) groups excluding carboxylic acids is 4. The van der Waals surface area contributed by atoms with Crippen LogP contribution in [0.5, 0.6) is 0 Å². The summed E-state index contributed by atoms with van der Waals surface area (Å²) >= 11 is 0. The summed E-state index contributed by atoms with van der Waals surface area (Å²) in [5.74, 6) is -2.24. The quantitative estimate of drug-likeness (QED) is 0.266. The van der Waals surface area contributed by atoms with Crippen LogP contribution in [-0.2, 0) is 0 Å². The van der Waals surface area contributed by atoms with Crippen molar-refractivity contribution < 1.29 is 19.2 Å². The fourth-order valence-corrected chi connectivity index (χ4v) is 5.79. The Morgan fingerprint density at radius 3 is 1.26 bits per heavy atom. The number of hydrogen-bond donors (Lipinski definition) is 4. The van der Waals surface area contributed by atoms with E-state index < -0.39 is 23.6 Å². The van der Waals surface area contributed by atoms with Crippen LogP contribution in [0.2, 0.25) is 0 Å². The van der Waals surface area contributed by atoms with Gasteiger partial charge < -0.3 is 9.97 Å². The molecule has 2 aromatic heterocycles. The summed E-state index contributed by atoms with van der Waals surface area (Å²) in [6, 6.07) is 14.8. The maximum absolute atomic E-state index is 13.3. The van der Waals surface area contributed by atoms with Crippen LogP contribution in [0.15, 0.2) is 48.5 Å². The van der Waals surface area contributed by atoms with E-state index in [-0.39, 0.29) is 22.3 Å². The van der Waals surface area contributed by atoms with E-state index in [0.717, 1.165) is 21.8 Å². The van der Waals surface area contributed by atoms with Crippen LogP contribution in [-0.4, -0.2) is 33.6 Å². The molecule has 2 aliphatic heterocycles. The van der Waals surface area contributed by atoms with Gasteiger partial charge in [-0.3, -0.25) is 29.8 Å². The summed E-state index contributed by atoms with van der Waals surface area (Å²) in [4.78, 5) is 59.7. The number of hydrogen-bond acceptors (Lipinski definition) is 4. The molecule has 0 bridgehead atoms. The van der Waals surface area contributed by atoms with Crippen molar-refractivity contribution in [2.45, 2.75) is 0 Å². The van der Waals surface area contributed by atoms with Crippen molar-refractivity contribution in [3.63, 3.8) is 0 Å². The monoisotopic (exact) mass is 444 g/mol. The third kappa shape index (κ3) is 1.79. The summed E-state index contributed by atoms with van der Waals surface area (Å²) in [7, 11) is 0. The summed E-state index contributed by atoms with van der Waals surface area (Å²) in [5.41, 5.74) is 3.50. The van der Waals surface area contributed by atoms with Crippen molar-refractivity contribution in [2.24, 2.45) is 0 Å². The fraction of sp³-hybridized carbons (Fsp3) is 0. The highest BCUT2D eigenvalue weighted by molar-refractivity contribution is 6.45. The topological polar surface area (TPSA) is 124 Å². The van der Waals surface area contributed by atoms with Gasteiger partial charge in [-0.2, -0.15) is 0 Å². The summed E-state index contributed by atoms with van der Waals surface area (Å²) in [5, 5.41) is 8.23. The van der Waals surface area contributed by atoms with Crippen LogP contribution in [0, 0.1) is 0 Å². The molecule has 0 fully saturated rings. The molecular formula is C26H12N4O4. The molecule has 160 valence electrons. The molecule has 0 saturated heterocycles. The van der Waals surface area contributed by atoms with E-state index in [1.807, 2.05) is 48.5 Å². The number of aromatic amines is 2. The molecule has 8 heteroatoms. The molecule has 4 N–H and O–H groups in total. The third-order valence-corrected chi connectivity index (χ3v) is 7.02. The zero-order valence-corrected chi connectivity index (χ0v) is 17.3. The Balaban J connectivity index is 1.82. The zero-order chi connectivity index (χ0) is 22.9. The summed E-state index contributed by atoms with van der Waals surface area (Å²) in [6.45, 7) is 0. The van der Waals surface area contributed by atoms with Gasteiger partial charge in [0.25, 0.3) is 23.6 Å². The molecule has 6 aromatic rings. The van der Waals surface area contributed by atoms with Crippen molar-refractivity contribution in [1.29, 1.82) is 0 Å². The maximum Gasteiger partial charge on any atom is 0.260 e. The molecule has 8 nitrogen and oxygen atoms in total. The second-order valence-corrected chi connectivity index (χ2v) is 8.66. The Morgan fingerprint density at radius 1 is 0.441 bits per heavy atom. The highest BCUT2D eigenvalue weighted by Crippen LogP contribution is 2.47. The number of fused-ring (bicyclic) bond motifs is 10. The predicted octanol–water partition coefficient (Wildman–Crippen LogP) is 3.88. The zero-order valence-electron chi connectivity index (χ0n) is 17.3. The van der Waals surface area contributed by atoms with E-state index in [4.69, 9.17) is 0 Å². The minimum absolute atomic E-state index is 0.260. The molecule has 2 aliphatic rings. The first-order valence-corrected chi connectivity index (χ1v) is 10.7. The number of imide groups is 2. The van der Waals surface area contributed by atoms with Gasteiger partial charge in [-0.1, -0.05) is 36.4 Å². The number of carbonyl (C=O) groups is 4. The molecule has 8 rings (SSSR count). The molecule has 0 aliphatic carbocycles. The Bertz CT molecular complexity index is 1900. The standard InChI is InChI=1S/C26H12N4O4/c31-23-17-13-9-5-1-3-7-11(9)27-21(13)19-16-15(17)20(26(34)29-23)22-14(18(16)24(32)30-25(19)33)10-6-2-4-8-12(10)28-22/h1-8,27-28H,(H,29,31,34)(H,30,32,33). The van der Waals surface area contributed by atoms with Crippen molar-refractivity contribution in [2.75, 3.05) is 0 Å². The molecule has 0 saturated carbocycles. The van der Waals surface area contributed by atoms with E-state index in [1.54, 1.807) is 0 Å². The lowest BCUT2D eigenvalue weighted by molar-refractivity contribution is 0.0826. The van der Waals surface area contributed by atoms with E-state index >= 15 is 0 Å². The third-order valence-electron chi connectivity index (χ3n) is 7.02. The van der Waals surface area contributed by atoms with Gasteiger partial charge in [0.2, 0.25) is 0 Å². The van der Waals surface area contributed by atoms with Gasteiger partial charge in [0.15, 0.2) is 0 Å². The van der Waals surface area contributed by atoms with Gasteiger partial charge in [0.1, 0.15) is 0 Å². The first-order valence-electron chi connectivity index (χ1n) is 10.7. The number of para-hydroxylation sites is 2. The molecule has 4 heterocycles. The number of H-pyrrole nitrogens is 2. The van der Waals surface area contributed by atoms with Crippen LogP contribution in [0.25, 0.3) is 54.4 Å². The smallest absolute Gasteiger partial charge is 0.260 e. The average molecular weight is 444 g/mol. The van der Waals surface area contributed by atoms with Crippen LogP contribution in [0.3, 0.4) is 0 Å². The normalized spacial score (nSPS) is 15.2. The van der Waals surface area contributed by atoms with Crippen LogP contribution >= 0.6 is 0 Å². The first-order chi connectivity index (χ1) is 16.5. The number of amides is 4. The Kier molecular flexibility index (Phi) is 2.84. The lowest BCUT2D eigenvalue weighted by Crippen LogP contribution is -2.39. The fourth-order valence-electron chi connectivity index (χ4n) is 5.79. The molecule has 0 atom stereocenters. The first kappa shape index (κ1) is 17.6. The van der Waals surface area contributed by atoms with Gasteiger partial charge in [0.05, 0.1) is 33.3 Å². The highest BCUT2D eigenvalue weighted by Gasteiger charge is 2.40. The second-order valence-electron chi connectivity index (χ2n) is 8.66. The SMILES string of the molecule is O=C1NC(=O)c2c3c1c1[nH]c4ccccc4c1c1c3c(c3[nH]c4ccccc4c23)C(=O)NC1=O. The molecule has 4 amide bonds. The Morgan fingerprint density at radius 2 is 0.824 bits per heavy atom. The van der Waals surface area contributed by atoms with E-state index in [2.05, 4.69) is 20.6 Å². The lowest BCUT2D eigenvalue weighted by Gasteiger charge is -2.25. The van der Waals surface area contributed by atoms with Crippen molar-refractivity contribution in [3.8, 4) is 0 Å². The molecule has 34 heavy (non-hydrogen) atoms. The highest BCUT2D eigenvalue weighted by atomic mass is 16.2. The van der Waals surface area contributed by atoms with E-state index in [1.165, 1.54) is 0 Å². The predicted molar refractivity (Wildman–Crippen MR) is 126 cm³/mol. The summed E-state index contributed by atoms with van der Waals surface area (Å²) < 4.78 is 0. The molecular weight excluding hydrogens is 432 g/mol. The Labute approximate surface area is 188 Å². The summed E-state index contributed by atoms with van der Waals surface area (Å²) in [6.07, 6.45) is 0. The molecule has 4 aromatic carbocycles. The number of rotatable bonds is 0. The van der Waals surface area contributed by atoms with Crippen LogP contribution in [0.4, 0.5) is 0 Å². The molecule has 0 radical (unpaired) electrons. The molecule has 0 spiro atoms. The maximum atomic E-state index is 13.3. The molecule has 0 unspecified atom stereocenters. The van der Waals surface area contributed by atoms with Crippen LogP contribution in [0.1, 0.15) is 41.4 Å².